The molecule has 2 aliphatic carbocycles. The summed E-state index contributed by atoms with van der Waals surface area (Å²) in [4.78, 5) is 24.7. The van der Waals surface area contributed by atoms with Crippen LogP contribution in [-0.2, 0) is 14.3 Å². The fourth-order valence-corrected chi connectivity index (χ4v) is 5.34. The monoisotopic (exact) mass is 432 g/mol. The van der Waals surface area contributed by atoms with Crippen LogP contribution < -0.4 is 0 Å². The highest BCUT2D eigenvalue weighted by Gasteiger charge is 2.67. The largest absolute Gasteiger partial charge is 0.508 e. The van der Waals surface area contributed by atoms with Gasteiger partial charge in [0.1, 0.15) is 23.6 Å². The summed E-state index contributed by atoms with van der Waals surface area (Å²) in [6.45, 7) is 8.66. The van der Waals surface area contributed by atoms with Crippen molar-refractivity contribution in [2.24, 2.45) is 17.3 Å². The van der Waals surface area contributed by atoms with Gasteiger partial charge in [0.05, 0.1) is 11.7 Å². The molecule has 170 valence electrons. The second kappa shape index (κ2) is 8.28. The maximum absolute atomic E-state index is 12.9. The average Bonchev–Trinajstić information content (AvgIpc) is 2.84. The number of aromatic hydroxyl groups is 1. The van der Waals surface area contributed by atoms with Crippen LogP contribution in [0.4, 0.5) is 0 Å². The van der Waals surface area contributed by atoms with E-state index < -0.39 is 47.2 Å². The number of benzene rings is 1. The molecule has 3 N–H and O–H groups in total. The van der Waals surface area contributed by atoms with E-state index >= 15 is 0 Å². The van der Waals surface area contributed by atoms with Gasteiger partial charge >= 0.3 is 11.9 Å². The van der Waals surface area contributed by atoms with Crippen molar-refractivity contribution in [3.63, 3.8) is 0 Å². The van der Waals surface area contributed by atoms with E-state index in [0.717, 1.165) is 5.57 Å². The second-order valence-electron chi connectivity index (χ2n) is 9.48. The molecular formula is C24H32O7. The first-order valence-electron chi connectivity index (χ1n) is 10.6. The Balaban J connectivity index is 2.06. The van der Waals surface area contributed by atoms with Crippen LogP contribution in [0.25, 0.3) is 0 Å². The lowest BCUT2D eigenvalue weighted by Crippen LogP contribution is -2.56. The molecule has 1 saturated carbocycles. The number of hydrogen-bond donors (Lipinski definition) is 3. The van der Waals surface area contributed by atoms with E-state index in [1.54, 1.807) is 6.08 Å². The first-order chi connectivity index (χ1) is 14.4. The van der Waals surface area contributed by atoms with Gasteiger partial charge in [-0.1, -0.05) is 26.3 Å². The van der Waals surface area contributed by atoms with Crippen molar-refractivity contribution in [3.8, 4) is 5.75 Å². The molecule has 31 heavy (non-hydrogen) atoms. The van der Waals surface area contributed by atoms with Crippen molar-refractivity contribution in [2.75, 3.05) is 0 Å². The zero-order chi connectivity index (χ0) is 23.1. The quantitative estimate of drug-likeness (QED) is 0.495. The normalized spacial score (nSPS) is 35.2. The minimum Gasteiger partial charge on any atom is -0.508 e. The van der Waals surface area contributed by atoms with E-state index in [4.69, 9.17) is 9.47 Å². The molecule has 6 atom stereocenters. The van der Waals surface area contributed by atoms with Crippen LogP contribution in [-0.4, -0.2) is 51.2 Å². The predicted molar refractivity (Wildman–Crippen MR) is 113 cm³/mol. The number of carbonyl (C=O) groups excluding carboxylic acids is 2. The SMILES string of the molecule is CC(=O)O[C@@H]1C[C@]2(C)[C@H](O)CC(C)=C[C@H](OC(=O)c3ccc(O)cc3)[C@H]2[C@]1(O)C(C)C. The summed E-state index contributed by atoms with van der Waals surface area (Å²) in [5.74, 6) is -2.11. The standard InChI is InChI=1S/C24H32O7/c1-13(2)24(29)20(30-15(4)25)12-23(5)19(27)11-14(3)10-18(21(23)24)31-22(28)16-6-8-17(26)9-7-16/h6-10,13,18-21,26-27,29H,11-12H2,1-5H3/t18-,19+,20+,21+,23+,24-/m0/s1. The Morgan fingerprint density at radius 1 is 1.16 bits per heavy atom. The predicted octanol–water partition coefficient (Wildman–Crippen LogP) is 2.97. The first kappa shape index (κ1) is 23.3. The molecule has 7 nitrogen and oxygen atoms in total. The summed E-state index contributed by atoms with van der Waals surface area (Å²) in [6.07, 6.45) is -0.0893. The lowest BCUT2D eigenvalue weighted by atomic mass is 9.66. The lowest BCUT2D eigenvalue weighted by molar-refractivity contribution is -0.178. The van der Waals surface area contributed by atoms with Gasteiger partial charge in [-0.2, -0.15) is 0 Å². The van der Waals surface area contributed by atoms with Crippen LogP contribution in [0.15, 0.2) is 35.9 Å². The molecule has 0 amide bonds. The number of esters is 2. The average molecular weight is 433 g/mol. The Morgan fingerprint density at radius 3 is 2.32 bits per heavy atom. The molecule has 0 aliphatic heterocycles. The summed E-state index contributed by atoms with van der Waals surface area (Å²) in [5, 5.41) is 32.5. The zero-order valence-corrected chi connectivity index (χ0v) is 18.7. The Bertz CT molecular complexity index is 874. The molecule has 0 heterocycles. The molecule has 0 saturated heterocycles. The third-order valence-electron chi connectivity index (χ3n) is 6.98. The summed E-state index contributed by atoms with van der Waals surface area (Å²) < 4.78 is 11.4. The number of carbonyl (C=O) groups is 2. The van der Waals surface area contributed by atoms with Gasteiger partial charge in [-0.05, 0) is 56.0 Å². The summed E-state index contributed by atoms with van der Waals surface area (Å²) >= 11 is 0. The van der Waals surface area contributed by atoms with Crippen LogP contribution in [0.3, 0.4) is 0 Å². The molecule has 1 fully saturated rings. The Kier molecular flexibility index (Phi) is 6.22. The minimum absolute atomic E-state index is 0.0339. The number of ether oxygens (including phenoxy) is 2. The zero-order valence-electron chi connectivity index (χ0n) is 18.7. The molecule has 0 aromatic heterocycles. The number of fused-ring (bicyclic) bond motifs is 1. The summed E-state index contributed by atoms with van der Waals surface area (Å²) in [6, 6.07) is 5.72. The van der Waals surface area contributed by atoms with E-state index in [9.17, 15) is 24.9 Å². The Morgan fingerprint density at radius 2 is 1.77 bits per heavy atom. The van der Waals surface area contributed by atoms with Crippen molar-refractivity contribution in [2.45, 2.75) is 71.4 Å². The van der Waals surface area contributed by atoms with Crippen molar-refractivity contribution in [1.82, 2.24) is 0 Å². The van der Waals surface area contributed by atoms with E-state index in [2.05, 4.69) is 0 Å². The number of aliphatic hydroxyl groups is 2. The first-order valence-corrected chi connectivity index (χ1v) is 10.6. The molecule has 7 heteroatoms. The van der Waals surface area contributed by atoms with Crippen molar-refractivity contribution < 1.29 is 34.4 Å². The molecular weight excluding hydrogens is 400 g/mol. The molecule has 2 aliphatic rings. The van der Waals surface area contributed by atoms with Gasteiger partial charge in [0.25, 0.3) is 0 Å². The molecule has 3 rings (SSSR count). The van der Waals surface area contributed by atoms with Gasteiger partial charge in [-0.15, -0.1) is 0 Å². The fourth-order valence-electron chi connectivity index (χ4n) is 5.34. The molecule has 0 spiro atoms. The smallest absolute Gasteiger partial charge is 0.338 e. The maximum atomic E-state index is 12.9. The van der Waals surface area contributed by atoms with Gasteiger partial charge in [-0.25, -0.2) is 4.79 Å². The number of hydrogen-bond acceptors (Lipinski definition) is 7. The van der Waals surface area contributed by atoms with Crippen LogP contribution in [0.2, 0.25) is 0 Å². The van der Waals surface area contributed by atoms with E-state index in [1.165, 1.54) is 31.2 Å². The number of phenols is 1. The third-order valence-corrected chi connectivity index (χ3v) is 6.98. The molecule has 0 bridgehead atoms. The van der Waals surface area contributed by atoms with Crippen molar-refractivity contribution in [1.29, 1.82) is 0 Å². The van der Waals surface area contributed by atoms with Crippen LogP contribution >= 0.6 is 0 Å². The fraction of sp³-hybridized carbons (Fsp3) is 0.583. The molecule has 0 radical (unpaired) electrons. The van der Waals surface area contributed by atoms with Gasteiger partial charge in [0, 0.05) is 18.3 Å². The van der Waals surface area contributed by atoms with E-state index in [1.807, 2.05) is 27.7 Å². The van der Waals surface area contributed by atoms with Gasteiger partial charge < -0.3 is 24.8 Å². The maximum Gasteiger partial charge on any atom is 0.338 e. The number of phenolic OH excluding ortho intramolecular Hbond substituents is 1. The van der Waals surface area contributed by atoms with Gasteiger partial charge in [-0.3, -0.25) is 4.79 Å². The lowest BCUT2D eigenvalue weighted by Gasteiger charge is -2.44. The summed E-state index contributed by atoms with van der Waals surface area (Å²) in [7, 11) is 0. The van der Waals surface area contributed by atoms with Crippen LogP contribution in [0, 0.1) is 17.3 Å². The van der Waals surface area contributed by atoms with E-state index in [0.29, 0.717) is 6.42 Å². The Labute approximate surface area is 182 Å². The highest BCUT2D eigenvalue weighted by Crippen LogP contribution is 2.59. The molecule has 1 aromatic rings. The second-order valence-corrected chi connectivity index (χ2v) is 9.48. The third kappa shape index (κ3) is 4.08. The topological polar surface area (TPSA) is 113 Å². The molecule has 1 aromatic carbocycles. The highest BCUT2D eigenvalue weighted by molar-refractivity contribution is 5.89. The van der Waals surface area contributed by atoms with E-state index in [-0.39, 0.29) is 23.7 Å². The van der Waals surface area contributed by atoms with Crippen LogP contribution in [0.5, 0.6) is 5.75 Å². The Hall–Kier alpha value is -2.38. The van der Waals surface area contributed by atoms with Crippen LogP contribution in [0.1, 0.15) is 57.8 Å². The number of rotatable bonds is 4. The molecule has 0 unspecified atom stereocenters. The van der Waals surface area contributed by atoms with Crippen molar-refractivity contribution >= 4 is 11.9 Å². The van der Waals surface area contributed by atoms with Gasteiger partial charge in [0.15, 0.2) is 0 Å². The van der Waals surface area contributed by atoms with Gasteiger partial charge in [0.2, 0.25) is 0 Å². The van der Waals surface area contributed by atoms with Crippen molar-refractivity contribution in [3.05, 3.63) is 41.5 Å². The summed E-state index contributed by atoms with van der Waals surface area (Å²) in [5.41, 5.74) is -1.25. The minimum atomic E-state index is -1.51. The number of aliphatic hydroxyl groups excluding tert-OH is 1. The highest BCUT2D eigenvalue weighted by atomic mass is 16.6.